The van der Waals surface area contributed by atoms with Gasteiger partial charge >= 0.3 is 0 Å². The molecule has 0 atom stereocenters. The van der Waals surface area contributed by atoms with Crippen LogP contribution in [0.3, 0.4) is 0 Å². The van der Waals surface area contributed by atoms with Gasteiger partial charge in [-0.2, -0.15) is 0 Å². The molecule has 1 aliphatic heterocycles. The third-order valence-electron chi connectivity index (χ3n) is 4.12. The summed E-state index contributed by atoms with van der Waals surface area (Å²) in [6.07, 6.45) is 4.00. The van der Waals surface area contributed by atoms with Gasteiger partial charge in [-0.15, -0.1) is 0 Å². The number of nitrogens with one attached hydrogen (secondary N) is 1. The summed E-state index contributed by atoms with van der Waals surface area (Å²) in [5.41, 5.74) is 1.62. The van der Waals surface area contributed by atoms with Crippen LogP contribution in [0.5, 0.6) is 0 Å². The standard InChI is InChI=1S/C16H27N3O4S2/c1-3-14-25(22,23)17-10-13-19(24(2,20)21)16-8-6-15(7-9-16)18-11-4-5-12-18/h6-9,17H,3-5,10-14H2,1-2H3. The quantitative estimate of drug-likeness (QED) is 0.689. The summed E-state index contributed by atoms with van der Waals surface area (Å²) in [7, 11) is -6.85. The number of nitrogens with zero attached hydrogens (tertiary/aromatic N) is 2. The summed E-state index contributed by atoms with van der Waals surface area (Å²) in [4.78, 5) is 2.27. The van der Waals surface area contributed by atoms with Crippen LogP contribution in [0.15, 0.2) is 24.3 Å². The Kier molecular flexibility index (Phi) is 6.70. The molecule has 25 heavy (non-hydrogen) atoms. The summed E-state index contributed by atoms with van der Waals surface area (Å²) in [5.74, 6) is 0.0381. The minimum absolute atomic E-state index is 0.0381. The lowest BCUT2D eigenvalue weighted by molar-refractivity contribution is 0.577. The minimum Gasteiger partial charge on any atom is -0.372 e. The first kappa shape index (κ1) is 20.0. The molecule has 0 unspecified atom stereocenters. The molecule has 7 nitrogen and oxygen atoms in total. The molecule has 142 valence electrons. The van der Waals surface area contributed by atoms with Gasteiger partial charge in [-0.25, -0.2) is 21.6 Å². The Bertz CT molecular complexity index is 755. The molecule has 1 N–H and O–H groups in total. The molecule has 1 fully saturated rings. The maximum absolute atomic E-state index is 12.1. The van der Waals surface area contributed by atoms with E-state index in [-0.39, 0.29) is 18.8 Å². The SMILES string of the molecule is CCCS(=O)(=O)NCCN(c1ccc(N2CCCC2)cc1)S(C)(=O)=O. The van der Waals surface area contributed by atoms with Gasteiger partial charge in [0.25, 0.3) is 0 Å². The Morgan fingerprint density at radius 2 is 1.68 bits per heavy atom. The van der Waals surface area contributed by atoms with Gasteiger partial charge in [0.05, 0.1) is 17.7 Å². The van der Waals surface area contributed by atoms with Crippen LogP contribution in [0, 0.1) is 0 Å². The lowest BCUT2D eigenvalue weighted by atomic mass is 10.2. The summed E-state index contributed by atoms with van der Waals surface area (Å²) in [6, 6.07) is 7.38. The average Bonchev–Trinajstić information content (AvgIpc) is 3.05. The van der Waals surface area contributed by atoms with Crippen molar-refractivity contribution < 1.29 is 16.8 Å². The van der Waals surface area contributed by atoms with E-state index in [1.807, 2.05) is 12.1 Å². The van der Waals surface area contributed by atoms with Crippen molar-refractivity contribution in [3.63, 3.8) is 0 Å². The van der Waals surface area contributed by atoms with Gasteiger partial charge in [0, 0.05) is 31.9 Å². The molecule has 2 rings (SSSR count). The molecule has 0 aliphatic carbocycles. The van der Waals surface area contributed by atoms with Crippen LogP contribution in [0.25, 0.3) is 0 Å². The molecule has 9 heteroatoms. The molecule has 1 aliphatic rings. The van der Waals surface area contributed by atoms with Gasteiger partial charge in [-0.1, -0.05) is 6.92 Å². The molecular formula is C16H27N3O4S2. The highest BCUT2D eigenvalue weighted by Gasteiger charge is 2.19. The molecule has 1 saturated heterocycles. The summed E-state index contributed by atoms with van der Waals surface area (Å²) >= 11 is 0. The van der Waals surface area contributed by atoms with E-state index in [2.05, 4.69) is 9.62 Å². The van der Waals surface area contributed by atoms with Crippen molar-refractivity contribution in [2.75, 3.05) is 47.4 Å². The minimum atomic E-state index is -3.49. The lowest BCUT2D eigenvalue weighted by Gasteiger charge is -2.24. The maximum Gasteiger partial charge on any atom is 0.232 e. The van der Waals surface area contributed by atoms with Gasteiger partial charge in [-0.05, 0) is 43.5 Å². The molecule has 0 bridgehead atoms. The molecule has 0 saturated carbocycles. The summed E-state index contributed by atoms with van der Waals surface area (Å²) in [6.45, 7) is 3.93. The number of benzene rings is 1. The fourth-order valence-corrected chi connectivity index (χ4v) is 4.95. The second-order valence-electron chi connectivity index (χ2n) is 6.26. The van der Waals surface area contributed by atoms with E-state index in [9.17, 15) is 16.8 Å². The molecule has 1 heterocycles. The largest absolute Gasteiger partial charge is 0.372 e. The van der Waals surface area contributed by atoms with E-state index in [0.29, 0.717) is 12.1 Å². The van der Waals surface area contributed by atoms with E-state index in [0.717, 1.165) is 25.0 Å². The predicted octanol–water partition coefficient (Wildman–Crippen LogP) is 1.38. The van der Waals surface area contributed by atoms with E-state index in [1.165, 1.54) is 17.1 Å². The Hall–Kier alpha value is -1.32. The number of hydrogen-bond acceptors (Lipinski definition) is 5. The first-order chi connectivity index (χ1) is 11.7. The molecule has 0 radical (unpaired) electrons. The fraction of sp³-hybridized carbons (Fsp3) is 0.625. The van der Waals surface area contributed by atoms with Gasteiger partial charge in [0.1, 0.15) is 0 Å². The smallest absolute Gasteiger partial charge is 0.232 e. The number of rotatable bonds is 9. The highest BCUT2D eigenvalue weighted by Crippen LogP contribution is 2.24. The lowest BCUT2D eigenvalue weighted by Crippen LogP contribution is -2.38. The number of sulfonamides is 2. The molecule has 1 aromatic carbocycles. The van der Waals surface area contributed by atoms with E-state index < -0.39 is 20.0 Å². The number of anilines is 2. The topological polar surface area (TPSA) is 86.8 Å². The molecular weight excluding hydrogens is 362 g/mol. The van der Waals surface area contributed by atoms with Gasteiger partial charge in [0.15, 0.2) is 0 Å². The maximum atomic E-state index is 12.1. The van der Waals surface area contributed by atoms with Crippen molar-refractivity contribution in [1.82, 2.24) is 4.72 Å². The van der Waals surface area contributed by atoms with Crippen LogP contribution in [-0.4, -0.2) is 55.0 Å². The van der Waals surface area contributed by atoms with E-state index >= 15 is 0 Å². The van der Waals surface area contributed by atoms with Crippen molar-refractivity contribution in [3.05, 3.63) is 24.3 Å². The molecule has 1 aromatic rings. The zero-order valence-electron chi connectivity index (χ0n) is 14.8. The fourth-order valence-electron chi connectivity index (χ4n) is 2.94. The van der Waals surface area contributed by atoms with Crippen LogP contribution < -0.4 is 13.9 Å². The Morgan fingerprint density at radius 1 is 1.08 bits per heavy atom. The predicted molar refractivity (Wildman–Crippen MR) is 102 cm³/mol. The third kappa shape index (κ3) is 5.86. The van der Waals surface area contributed by atoms with Crippen LogP contribution in [0.4, 0.5) is 11.4 Å². The van der Waals surface area contributed by atoms with Crippen molar-refractivity contribution in [2.24, 2.45) is 0 Å². The summed E-state index contributed by atoms with van der Waals surface area (Å²) < 4.78 is 51.3. The first-order valence-electron chi connectivity index (χ1n) is 8.53. The van der Waals surface area contributed by atoms with Gasteiger partial charge < -0.3 is 4.90 Å². The molecule has 0 aromatic heterocycles. The zero-order chi connectivity index (χ0) is 18.5. The van der Waals surface area contributed by atoms with Crippen LogP contribution in [0.2, 0.25) is 0 Å². The van der Waals surface area contributed by atoms with Crippen LogP contribution in [0.1, 0.15) is 26.2 Å². The molecule has 0 amide bonds. The van der Waals surface area contributed by atoms with Crippen LogP contribution >= 0.6 is 0 Å². The highest BCUT2D eigenvalue weighted by molar-refractivity contribution is 7.92. The van der Waals surface area contributed by atoms with Crippen molar-refractivity contribution >= 4 is 31.4 Å². The zero-order valence-corrected chi connectivity index (χ0v) is 16.4. The average molecular weight is 390 g/mol. The highest BCUT2D eigenvalue weighted by atomic mass is 32.2. The third-order valence-corrected chi connectivity index (χ3v) is 6.90. The van der Waals surface area contributed by atoms with E-state index in [1.54, 1.807) is 19.1 Å². The summed E-state index contributed by atoms with van der Waals surface area (Å²) in [5, 5.41) is 0. The Labute approximate surface area is 151 Å². The van der Waals surface area contributed by atoms with Gasteiger partial charge in [0.2, 0.25) is 20.0 Å². The van der Waals surface area contributed by atoms with Crippen molar-refractivity contribution in [1.29, 1.82) is 0 Å². The second kappa shape index (κ2) is 8.37. The van der Waals surface area contributed by atoms with Crippen LogP contribution in [-0.2, 0) is 20.0 Å². The Morgan fingerprint density at radius 3 is 2.20 bits per heavy atom. The first-order valence-corrected chi connectivity index (χ1v) is 12.0. The van der Waals surface area contributed by atoms with Crippen molar-refractivity contribution in [3.8, 4) is 0 Å². The monoisotopic (exact) mass is 389 g/mol. The Balaban J connectivity index is 2.07. The molecule has 0 spiro atoms. The van der Waals surface area contributed by atoms with Crippen molar-refractivity contribution in [2.45, 2.75) is 26.2 Å². The normalized spacial score (nSPS) is 15.5. The van der Waals surface area contributed by atoms with E-state index in [4.69, 9.17) is 0 Å². The number of hydrogen-bond donors (Lipinski definition) is 1. The second-order valence-corrected chi connectivity index (χ2v) is 10.1. The van der Waals surface area contributed by atoms with Gasteiger partial charge in [-0.3, -0.25) is 4.31 Å².